The van der Waals surface area contributed by atoms with Crippen molar-refractivity contribution in [3.63, 3.8) is 0 Å². The molecule has 0 aliphatic heterocycles. The van der Waals surface area contributed by atoms with Crippen LogP contribution >= 0.6 is 15.9 Å². The number of carboxylic acid groups (broad SMARTS) is 1. The maximum Gasteiger partial charge on any atom is 0.307 e. The first-order chi connectivity index (χ1) is 5.59. The number of pyridine rings is 1. The van der Waals surface area contributed by atoms with E-state index in [1.54, 1.807) is 12.3 Å². The molecular formula is C8H8BrNO2. The summed E-state index contributed by atoms with van der Waals surface area (Å²) in [4.78, 5) is 14.4. The lowest BCUT2D eigenvalue weighted by Gasteiger charge is -2.01. The van der Waals surface area contributed by atoms with E-state index in [9.17, 15) is 4.79 Å². The van der Waals surface area contributed by atoms with Crippen LogP contribution in [-0.2, 0) is 11.2 Å². The molecule has 1 N–H and O–H groups in total. The van der Waals surface area contributed by atoms with Gasteiger partial charge < -0.3 is 5.11 Å². The summed E-state index contributed by atoms with van der Waals surface area (Å²) in [6.45, 7) is 1.84. The Hall–Kier alpha value is -0.900. The number of aliphatic carboxylic acids is 1. The molecule has 0 spiro atoms. The number of aryl methyl sites for hydroxylation is 1. The monoisotopic (exact) mass is 229 g/mol. The summed E-state index contributed by atoms with van der Waals surface area (Å²) in [6.07, 6.45) is 1.70. The van der Waals surface area contributed by atoms with Gasteiger partial charge in [0.05, 0.1) is 6.42 Å². The average Bonchev–Trinajstić information content (AvgIpc) is 1.96. The smallest absolute Gasteiger partial charge is 0.307 e. The van der Waals surface area contributed by atoms with Gasteiger partial charge in [-0.25, -0.2) is 4.98 Å². The zero-order valence-electron chi connectivity index (χ0n) is 6.54. The SMILES string of the molecule is Cc1cnc(Br)cc1CC(=O)O. The fraction of sp³-hybridized carbons (Fsp3) is 0.250. The van der Waals surface area contributed by atoms with Crippen LogP contribution in [0.5, 0.6) is 0 Å². The highest BCUT2D eigenvalue weighted by Crippen LogP contribution is 2.13. The van der Waals surface area contributed by atoms with Crippen molar-refractivity contribution in [2.75, 3.05) is 0 Å². The second kappa shape index (κ2) is 3.67. The third-order valence-electron chi connectivity index (χ3n) is 1.52. The molecule has 64 valence electrons. The van der Waals surface area contributed by atoms with Gasteiger partial charge in [0.1, 0.15) is 4.60 Å². The van der Waals surface area contributed by atoms with Crippen LogP contribution in [0.1, 0.15) is 11.1 Å². The number of hydrogen-bond donors (Lipinski definition) is 1. The maximum atomic E-state index is 10.4. The van der Waals surface area contributed by atoms with Crippen LogP contribution in [0.4, 0.5) is 0 Å². The molecule has 1 rings (SSSR count). The summed E-state index contributed by atoms with van der Waals surface area (Å²) in [7, 11) is 0. The predicted molar refractivity (Wildman–Crippen MR) is 48.0 cm³/mol. The van der Waals surface area contributed by atoms with Crippen LogP contribution in [0.25, 0.3) is 0 Å². The van der Waals surface area contributed by atoms with E-state index in [0.717, 1.165) is 11.1 Å². The Labute approximate surface area is 78.6 Å². The Balaban J connectivity index is 2.97. The highest BCUT2D eigenvalue weighted by atomic mass is 79.9. The minimum absolute atomic E-state index is 0.0486. The van der Waals surface area contributed by atoms with Crippen LogP contribution in [0.3, 0.4) is 0 Å². The molecule has 0 atom stereocenters. The molecular weight excluding hydrogens is 222 g/mol. The molecule has 12 heavy (non-hydrogen) atoms. The Morgan fingerprint density at radius 2 is 2.42 bits per heavy atom. The van der Waals surface area contributed by atoms with Crippen molar-refractivity contribution in [2.24, 2.45) is 0 Å². The molecule has 0 fully saturated rings. The molecule has 1 aromatic rings. The van der Waals surface area contributed by atoms with Crippen LogP contribution in [0, 0.1) is 6.92 Å². The number of carboxylic acids is 1. The van der Waals surface area contributed by atoms with E-state index < -0.39 is 5.97 Å². The van der Waals surface area contributed by atoms with Gasteiger partial charge in [-0.1, -0.05) is 0 Å². The lowest BCUT2D eigenvalue weighted by Crippen LogP contribution is -2.02. The Bertz CT molecular complexity index is 312. The molecule has 3 nitrogen and oxygen atoms in total. The molecule has 0 saturated carbocycles. The number of carbonyl (C=O) groups is 1. The first-order valence-corrected chi connectivity index (χ1v) is 4.21. The van der Waals surface area contributed by atoms with Crippen LogP contribution < -0.4 is 0 Å². The van der Waals surface area contributed by atoms with Gasteiger partial charge in [-0.05, 0) is 40.0 Å². The zero-order chi connectivity index (χ0) is 9.14. The van der Waals surface area contributed by atoms with E-state index in [-0.39, 0.29) is 6.42 Å². The fourth-order valence-electron chi connectivity index (χ4n) is 0.890. The van der Waals surface area contributed by atoms with Crippen LogP contribution in [-0.4, -0.2) is 16.1 Å². The van der Waals surface area contributed by atoms with Crippen molar-refractivity contribution >= 4 is 21.9 Å². The molecule has 4 heteroatoms. The lowest BCUT2D eigenvalue weighted by atomic mass is 10.1. The molecule has 1 aromatic heterocycles. The third-order valence-corrected chi connectivity index (χ3v) is 1.96. The number of hydrogen-bond acceptors (Lipinski definition) is 2. The molecule has 0 radical (unpaired) electrons. The summed E-state index contributed by atoms with van der Waals surface area (Å²) in [5, 5.41) is 8.55. The molecule has 0 aromatic carbocycles. The van der Waals surface area contributed by atoms with E-state index in [2.05, 4.69) is 20.9 Å². The third kappa shape index (κ3) is 2.30. The quantitative estimate of drug-likeness (QED) is 0.787. The topological polar surface area (TPSA) is 50.2 Å². The first kappa shape index (κ1) is 9.19. The van der Waals surface area contributed by atoms with Crippen molar-refractivity contribution < 1.29 is 9.90 Å². The van der Waals surface area contributed by atoms with Crippen molar-refractivity contribution in [3.05, 3.63) is 28.0 Å². The van der Waals surface area contributed by atoms with Crippen molar-refractivity contribution in [1.82, 2.24) is 4.98 Å². The van der Waals surface area contributed by atoms with Gasteiger partial charge in [0.2, 0.25) is 0 Å². The highest BCUT2D eigenvalue weighted by Gasteiger charge is 2.04. The van der Waals surface area contributed by atoms with E-state index in [4.69, 9.17) is 5.11 Å². The molecule has 0 saturated heterocycles. The van der Waals surface area contributed by atoms with E-state index in [1.807, 2.05) is 6.92 Å². The molecule has 0 amide bonds. The minimum atomic E-state index is -0.823. The van der Waals surface area contributed by atoms with Crippen LogP contribution in [0.2, 0.25) is 0 Å². The van der Waals surface area contributed by atoms with Gasteiger partial charge in [-0.2, -0.15) is 0 Å². The largest absolute Gasteiger partial charge is 0.481 e. The number of halogens is 1. The maximum absolute atomic E-state index is 10.4. The summed E-state index contributed by atoms with van der Waals surface area (Å²) in [5.41, 5.74) is 1.70. The van der Waals surface area contributed by atoms with Crippen molar-refractivity contribution in [1.29, 1.82) is 0 Å². The average molecular weight is 230 g/mol. The molecule has 0 unspecified atom stereocenters. The second-order valence-corrected chi connectivity index (χ2v) is 3.32. The van der Waals surface area contributed by atoms with E-state index >= 15 is 0 Å². The molecule has 0 aliphatic carbocycles. The van der Waals surface area contributed by atoms with Crippen LogP contribution in [0.15, 0.2) is 16.9 Å². The standard InChI is InChI=1S/C8H8BrNO2/c1-5-4-10-7(9)2-6(5)3-8(11)12/h2,4H,3H2,1H3,(H,11,12). The van der Waals surface area contributed by atoms with Gasteiger partial charge in [0.15, 0.2) is 0 Å². The van der Waals surface area contributed by atoms with Gasteiger partial charge in [-0.15, -0.1) is 0 Å². The number of rotatable bonds is 2. The molecule has 0 aliphatic rings. The van der Waals surface area contributed by atoms with Gasteiger partial charge in [-0.3, -0.25) is 4.79 Å². The lowest BCUT2D eigenvalue weighted by molar-refractivity contribution is -0.136. The first-order valence-electron chi connectivity index (χ1n) is 3.42. The summed E-state index contributed by atoms with van der Waals surface area (Å²) < 4.78 is 0.671. The van der Waals surface area contributed by atoms with Crippen molar-refractivity contribution in [2.45, 2.75) is 13.3 Å². The normalized spacial score (nSPS) is 9.83. The fourth-order valence-corrected chi connectivity index (χ4v) is 1.27. The molecule has 1 heterocycles. The molecule has 0 bridgehead atoms. The van der Waals surface area contributed by atoms with Gasteiger partial charge in [0.25, 0.3) is 0 Å². The Morgan fingerprint density at radius 3 is 3.00 bits per heavy atom. The Kier molecular flexibility index (Phi) is 2.81. The summed E-state index contributed by atoms with van der Waals surface area (Å²) >= 11 is 3.18. The number of nitrogens with zero attached hydrogens (tertiary/aromatic N) is 1. The van der Waals surface area contributed by atoms with Gasteiger partial charge >= 0.3 is 5.97 Å². The Morgan fingerprint density at radius 1 is 1.75 bits per heavy atom. The number of aromatic nitrogens is 1. The van der Waals surface area contributed by atoms with E-state index in [1.165, 1.54) is 0 Å². The van der Waals surface area contributed by atoms with Crippen molar-refractivity contribution in [3.8, 4) is 0 Å². The summed E-state index contributed by atoms with van der Waals surface area (Å²) in [5.74, 6) is -0.823. The van der Waals surface area contributed by atoms with Gasteiger partial charge in [0, 0.05) is 6.20 Å². The summed E-state index contributed by atoms with van der Waals surface area (Å²) in [6, 6.07) is 1.73. The highest BCUT2D eigenvalue weighted by molar-refractivity contribution is 9.10. The van der Waals surface area contributed by atoms with E-state index in [0.29, 0.717) is 4.60 Å². The zero-order valence-corrected chi connectivity index (χ0v) is 8.13. The predicted octanol–water partition coefficient (Wildman–Crippen LogP) is 1.78. The minimum Gasteiger partial charge on any atom is -0.481 e. The second-order valence-electron chi connectivity index (χ2n) is 2.50.